The molecule has 0 atom stereocenters. The molecule has 1 aliphatic heterocycles. The summed E-state index contributed by atoms with van der Waals surface area (Å²) < 4.78 is 11.2. The van der Waals surface area contributed by atoms with Gasteiger partial charge in [-0.2, -0.15) is 5.10 Å². The zero-order valence-corrected chi connectivity index (χ0v) is 15.9. The Hall–Kier alpha value is -3.06. The lowest BCUT2D eigenvalue weighted by molar-refractivity contribution is 0.0248. The quantitative estimate of drug-likeness (QED) is 0.653. The zero-order chi connectivity index (χ0) is 19.2. The van der Waals surface area contributed by atoms with Crippen molar-refractivity contribution in [2.45, 2.75) is 25.6 Å². The highest BCUT2D eigenvalue weighted by Crippen LogP contribution is 2.23. The molecule has 0 N–H and O–H groups in total. The van der Waals surface area contributed by atoms with Crippen LogP contribution in [0.25, 0.3) is 11.3 Å². The second kappa shape index (κ2) is 8.75. The fourth-order valence-electron chi connectivity index (χ4n) is 3.25. The third-order valence-corrected chi connectivity index (χ3v) is 4.87. The first-order valence-corrected chi connectivity index (χ1v) is 9.41. The summed E-state index contributed by atoms with van der Waals surface area (Å²) in [5.74, 6) is 1.48. The van der Waals surface area contributed by atoms with Crippen LogP contribution in [0.2, 0.25) is 0 Å². The molecule has 2 aromatic heterocycles. The standard InChI is InChI=1S/C21H23N5O2/c1-27-18-6-4-17(5-7-18)20-14-23-25-21(24-20)26-11-8-19(9-12-26)28-15-16-3-2-10-22-13-16/h2-7,10,13-14,19H,8-9,11-12,15H2,1H3. The zero-order valence-electron chi connectivity index (χ0n) is 15.9. The van der Waals surface area contributed by atoms with Gasteiger partial charge >= 0.3 is 0 Å². The fraction of sp³-hybridized carbons (Fsp3) is 0.333. The molecule has 1 saturated heterocycles. The van der Waals surface area contributed by atoms with Gasteiger partial charge in [-0.15, -0.1) is 5.10 Å². The highest BCUT2D eigenvalue weighted by Gasteiger charge is 2.22. The molecule has 3 aromatic rings. The smallest absolute Gasteiger partial charge is 0.245 e. The Morgan fingerprint density at radius 3 is 2.61 bits per heavy atom. The Kier molecular flexibility index (Phi) is 5.72. The van der Waals surface area contributed by atoms with Gasteiger partial charge in [0.2, 0.25) is 5.95 Å². The molecular weight excluding hydrogens is 354 g/mol. The van der Waals surface area contributed by atoms with Crippen molar-refractivity contribution >= 4 is 5.95 Å². The van der Waals surface area contributed by atoms with E-state index in [1.54, 1.807) is 19.5 Å². The van der Waals surface area contributed by atoms with Gasteiger partial charge in [-0.3, -0.25) is 4.98 Å². The van der Waals surface area contributed by atoms with Gasteiger partial charge in [0, 0.05) is 31.0 Å². The number of pyridine rings is 1. The summed E-state index contributed by atoms with van der Waals surface area (Å²) in [5, 5.41) is 8.38. The van der Waals surface area contributed by atoms with E-state index in [2.05, 4.69) is 20.1 Å². The predicted molar refractivity (Wildman–Crippen MR) is 106 cm³/mol. The van der Waals surface area contributed by atoms with Gasteiger partial charge in [0.05, 0.1) is 31.7 Å². The number of nitrogens with zero attached hydrogens (tertiary/aromatic N) is 5. The molecule has 0 aliphatic carbocycles. The minimum absolute atomic E-state index is 0.245. The molecule has 1 aromatic carbocycles. The van der Waals surface area contributed by atoms with Crippen molar-refractivity contribution in [2.24, 2.45) is 0 Å². The third-order valence-electron chi connectivity index (χ3n) is 4.87. The lowest BCUT2D eigenvalue weighted by atomic mass is 10.1. The summed E-state index contributed by atoms with van der Waals surface area (Å²) >= 11 is 0. The molecule has 0 saturated carbocycles. The Morgan fingerprint density at radius 2 is 1.89 bits per heavy atom. The van der Waals surface area contributed by atoms with Crippen molar-refractivity contribution in [3.63, 3.8) is 0 Å². The average molecular weight is 377 g/mol. The summed E-state index contributed by atoms with van der Waals surface area (Å²) in [6.07, 6.45) is 7.44. The molecule has 0 bridgehead atoms. The Labute approximate surface area is 164 Å². The van der Waals surface area contributed by atoms with Crippen molar-refractivity contribution in [3.05, 3.63) is 60.6 Å². The summed E-state index contributed by atoms with van der Waals surface area (Å²) in [6, 6.07) is 11.8. The molecule has 1 fully saturated rings. The van der Waals surface area contributed by atoms with E-state index < -0.39 is 0 Å². The second-order valence-corrected chi connectivity index (χ2v) is 6.73. The van der Waals surface area contributed by atoms with Gasteiger partial charge in [-0.1, -0.05) is 6.07 Å². The van der Waals surface area contributed by atoms with E-state index in [0.717, 1.165) is 48.5 Å². The largest absolute Gasteiger partial charge is 0.497 e. The molecule has 3 heterocycles. The number of benzene rings is 1. The van der Waals surface area contributed by atoms with Gasteiger partial charge in [0.1, 0.15) is 5.75 Å². The van der Waals surface area contributed by atoms with Crippen LogP contribution in [-0.4, -0.2) is 46.5 Å². The Balaban J connectivity index is 1.35. The molecule has 0 amide bonds. The molecule has 4 rings (SSSR count). The average Bonchev–Trinajstić information content (AvgIpc) is 2.79. The minimum atomic E-state index is 0.245. The van der Waals surface area contributed by atoms with Crippen molar-refractivity contribution < 1.29 is 9.47 Å². The minimum Gasteiger partial charge on any atom is -0.497 e. The second-order valence-electron chi connectivity index (χ2n) is 6.73. The maximum atomic E-state index is 6.03. The van der Waals surface area contributed by atoms with Crippen LogP contribution in [0.1, 0.15) is 18.4 Å². The van der Waals surface area contributed by atoms with Crippen LogP contribution in [0, 0.1) is 0 Å². The van der Waals surface area contributed by atoms with Gasteiger partial charge < -0.3 is 14.4 Å². The lowest BCUT2D eigenvalue weighted by Crippen LogP contribution is -2.38. The van der Waals surface area contributed by atoms with E-state index in [-0.39, 0.29) is 6.10 Å². The summed E-state index contributed by atoms with van der Waals surface area (Å²) in [7, 11) is 1.66. The molecule has 144 valence electrons. The predicted octanol–water partition coefficient (Wildman–Crippen LogP) is 3.13. The number of rotatable bonds is 6. The fourth-order valence-corrected chi connectivity index (χ4v) is 3.25. The highest BCUT2D eigenvalue weighted by molar-refractivity contribution is 5.60. The summed E-state index contributed by atoms with van der Waals surface area (Å²) in [5.41, 5.74) is 2.90. The normalized spacial score (nSPS) is 14.8. The number of piperidine rings is 1. The van der Waals surface area contributed by atoms with Crippen LogP contribution in [0.15, 0.2) is 55.0 Å². The Morgan fingerprint density at radius 1 is 1.07 bits per heavy atom. The van der Waals surface area contributed by atoms with E-state index in [0.29, 0.717) is 12.6 Å². The first-order chi connectivity index (χ1) is 13.8. The molecular formula is C21H23N5O2. The number of methoxy groups -OCH3 is 1. The molecule has 0 spiro atoms. The molecule has 28 heavy (non-hydrogen) atoms. The van der Waals surface area contributed by atoms with E-state index >= 15 is 0 Å². The van der Waals surface area contributed by atoms with Gasteiger partial charge in [-0.05, 0) is 48.7 Å². The molecule has 7 nitrogen and oxygen atoms in total. The van der Waals surface area contributed by atoms with Crippen molar-refractivity contribution in [1.82, 2.24) is 20.2 Å². The van der Waals surface area contributed by atoms with E-state index in [1.165, 1.54) is 0 Å². The van der Waals surface area contributed by atoms with Crippen molar-refractivity contribution in [1.29, 1.82) is 0 Å². The van der Waals surface area contributed by atoms with Crippen LogP contribution >= 0.6 is 0 Å². The topological polar surface area (TPSA) is 73.3 Å². The van der Waals surface area contributed by atoms with Crippen LogP contribution in [0.4, 0.5) is 5.95 Å². The van der Waals surface area contributed by atoms with Gasteiger partial charge in [0.25, 0.3) is 0 Å². The number of aromatic nitrogens is 4. The molecule has 0 unspecified atom stereocenters. The lowest BCUT2D eigenvalue weighted by Gasteiger charge is -2.31. The maximum Gasteiger partial charge on any atom is 0.245 e. The highest BCUT2D eigenvalue weighted by atomic mass is 16.5. The monoisotopic (exact) mass is 377 g/mol. The van der Waals surface area contributed by atoms with Gasteiger partial charge in [0.15, 0.2) is 0 Å². The number of hydrogen-bond acceptors (Lipinski definition) is 7. The first kappa shape index (κ1) is 18.3. The summed E-state index contributed by atoms with van der Waals surface area (Å²) in [4.78, 5) is 11.0. The number of hydrogen-bond donors (Lipinski definition) is 0. The van der Waals surface area contributed by atoms with Crippen LogP contribution in [0.3, 0.4) is 0 Å². The molecule has 1 aliphatic rings. The molecule has 7 heteroatoms. The van der Waals surface area contributed by atoms with Crippen LogP contribution in [0.5, 0.6) is 5.75 Å². The SMILES string of the molecule is COc1ccc(-c2cnnc(N3CCC(OCc4cccnc4)CC3)n2)cc1. The van der Waals surface area contributed by atoms with Gasteiger partial charge in [-0.25, -0.2) is 4.98 Å². The van der Waals surface area contributed by atoms with Crippen molar-refractivity contribution in [3.8, 4) is 17.0 Å². The number of ether oxygens (including phenoxy) is 2. The third kappa shape index (κ3) is 4.43. The van der Waals surface area contributed by atoms with Crippen molar-refractivity contribution in [2.75, 3.05) is 25.1 Å². The number of anilines is 1. The maximum absolute atomic E-state index is 6.03. The first-order valence-electron chi connectivity index (χ1n) is 9.41. The summed E-state index contributed by atoms with van der Waals surface area (Å²) in [6.45, 7) is 2.31. The van der Waals surface area contributed by atoms with Crippen LogP contribution < -0.4 is 9.64 Å². The Bertz CT molecular complexity index is 881. The van der Waals surface area contributed by atoms with Crippen LogP contribution in [-0.2, 0) is 11.3 Å². The van der Waals surface area contributed by atoms with E-state index in [4.69, 9.17) is 14.5 Å². The van der Waals surface area contributed by atoms with E-state index in [9.17, 15) is 0 Å². The molecule has 0 radical (unpaired) electrons. The van der Waals surface area contributed by atoms with E-state index in [1.807, 2.05) is 42.6 Å².